The van der Waals surface area contributed by atoms with E-state index in [9.17, 15) is 8.42 Å². The Hall–Kier alpha value is -0.910. The van der Waals surface area contributed by atoms with Crippen LogP contribution in [0.4, 0.5) is 0 Å². The molecule has 1 aromatic rings. The number of benzene rings is 1. The minimum absolute atomic E-state index is 0.0101. The van der Waals surface area contributed by atoms with Crippen LogP contribution in [0.5, 0.6) is 0 Å². The average Bonchev–Trinajstić information content (AvgIpc) is 2.35. The van der Waals surface area contributed by atoms with Gasteiger partial charge in [-0.15, -0.1) is 0 Å². The SMILES string of the molecule is CCCNC(CCO)CS(=O)(=O)c1ccc(C)cc1C. The van der Waals surface area contributed by atoms with Crippen molar-refractivity contribution >= 4 is 9.84 Å². The van der Waals surface area contributed by atoms with E-state index in [0.717, 1.165) is 24.1 Å². The van der Waals surface area contributed by atoms with Crippen LogP contribution in [0.1, 0.15) is 30.9 Å². The summed E-state index contributed by atoms with van der Waals surface area (Å²) in [7, 11) is -3.33. The minimum atomic E-state index is -3.33. The molecular weight excluding hydrogens is 274 g/mol. The van der Waals surface area contributed by atoms with Gasteiger partial charge in [-0.3, -0.25) is 0 Å². The van der Waals surface area contributed by atoms with E-state index in [1.165, 1.54) is 0 Å². The van der Waals surface area contributed by atoms with Crippen molar-refractivity contribution in [2.75, 3.05) is 18.9 Å². The molecule has 1 atom stereocenters. The third-order valence-corrected chi connectivity index (χ3v) is 5.22. The molecule has 1 aromatic carbocycles. The summed E-state index contributed by atoms with van der Waals surface area (Å²) >= 11 is 0. The first-order valence-corrected chi connectivity index (χ1v) is 8.70. The molecule has 114 valence electrons. The normalized spacial score (nSPS) is 13.4. The summed E-state index contributed by atoms with van der Waals surface area (Å²) in [5.41, 5.74) is 1.83. The zero-order valence-corrected chi connectivity index (χ0v) is 13.3. The number of aryl methyl sites for hydroxylation is 2. The van der Waals surface area contributed by atoms with Gasteiger partial charge in [0.1, 0.15) is 0 Å². The summed E-state index contributed by atoms with van der Waals surface area (Å²) in [4.78, 5) is 0.393. The minimum Gasteiger partial charge on any atom is -0.396 e. The first kappa shape index (κ1) is 17.1. The first-order valence-electron chi connectivity index (χ1n) is 7.05. The Bertz CT molecular complexity index is 526. The summed E-state index contributed by atoms with van der Waals surface area (Å²) in [6.07, 6.45) is 1.38. The Labute approximate surface area is 122 Å². The summed E-state index contributed by atoms with van der Waals surface area (Å²) < 4.78 is 25.0. The molecule has 20 heavy (non-hydrogen) atoms. The standard InChI is InChI=1S/C15H25NO3S/c1-4-8-16-14(7-9-17)11-20(18,19)15-6-5-12(2)10-13(15)3/h5-6,10,14,16-17H,4,7-9,11H2,1-3H3. The van der Waals surface area contributed by atoms with Crippen LogP contribution in [-0.2, 0) is 9.84 Å². The maximum Gasteiger partial charge on any atom is 0.180 e. The van der Waals surface area contributed by atoms with E-state index in [1.54, 1.807) is 6.07 Å². The molecule has 0 fully saturated rings. The van der Waals surface area contributed by atoms with Gasteiger partial charge in [0.15, 0.2) is 9.84 Å². The number of sulfone groups is 1. The predicted molar refractivity (Wildman–Crippen MR) is 81.8 cm³/mol. The second-order valence-electron chi connectivity index (χ2n) is 5.21. The van der Waals surface area contributed by atoms with Crippen molar-refractivity contribution in [3.8, 4) is 0 Å². The molecule has 0 aliphatic carbocycles. The summed E-state index contributed by atoms with van der Waals surface area (Å²) in [5.74, 6) is 0.0253. The van der Waals surface area contributed by atoms with Gasteiger partial charge in [-0.05, 0) is 44.9 Å². The second kappa shape index (κ2) is 7.76. The molecule has 0 saturated heterocycles. The number of aliphatic hydroxyl groups excluding tert-OH is 1. The Morgan fingerprint density at radius 1 is 1.30 bits per heavy atom. The fourth-order valence-corrected chi connectivity index (χ4v) is 4.07. The van der Waals surface area contributed by atoms with Gasteiger partial charge in [0.2, 0.25) is 0 Å². The molecule has 5 heteroatoms. The van der Waals surface area contributed by atoms with Crippen LogP contribution in [0.3, 0.4) is 0 Å². The zero-order chi connectivity index (χ0) is 15.2. The van der Waals surface area contributed by atoms with Gasteiger partial charge in [0.25, 0.3) is 0 Å². The van der Waals surface area contributed by atoms with E-state index in [-0.39, 0.29) is 18.4 Å². The van der Waals surface area contributed by atoms with Crippen molar-refractivity contribution in [2.24, 2.45) is 0 Å². The number of hydrogen-bond donors (Lipinski definition) is 2. The molecule has 0 aliphatic rings. The number of nitrogens with one attached hydrogen (secondary N) is 1. The van der Waals surface area contributed by atoms with E-state index < -0.39 is 9.84 Å². The highest BCUT2D eigenvalue weighted by atomic mass is 32.2. The number of hydrogen-bond acceptors (Lipinski definition) is 4. The van der Waals surface area contributed by atoms with E-state index in [4.69, 9.17) is 5.11 Å². The lowest BCUT2D eigenvalue weighted by atomic mass is 10.2. The molecule has 4 nitrogen and oxygen atoms in total. The maximum atomic E-state index is 12.5. The molecular formula is C15H25NO3S. The monoisotopic (exact) mass is 299 g/mol. The van der Waals surface area contributed by atoms with Crippen molar-refractivity contribution in [2.45, 2.75) is 44.6 Å². The van der Waals surface area contributed by atoms with Crippen molar-refractivity contribution in [3.05, 3.63) is 29.3 Å². The molecule has 0 bridgehead atoms. The van der Waals surface area contributed by atoms with Crippen molar-refractivity contribution in [1.82, 2.24) is 5.32 Å². The lowest BCUT2D eigenvalue weighted by Gasteiger charge is -2.18. The van der Waals surface area contributed by atoms with E-state index in [2.05, 4.69) is 5.32 Å². The van der Waals surface area contributed by atoms with E-state index in [0.29, 0.717) is 11.3 Å². The van der Waals surface area contributed by atoms with Crippen LogP contribution in [0.25, 0.3) is 0 Å². The zero-order valence-electron chi connectivity index (χ0n) is 12.5. The molecule has 1 rings (SSSR count). The van der Waals surface area contributed by atoms with Gasteiger partial charge in [-0.1, -0.05) is 24.6 Å². The van der Waals surface area contributed by atoms with Gasteiger partial charge in [-0.25, -0.2) is 8.42 Å². The van der Waals surface area contributed by atoms with E-state index >= 15 is 0 Å². The second-order valence-corrected chi connectivity index (χ2v) is 7.22. The van der Waals surface area contributed by atoms with Crippen molar-refractivity contribution < 1.29 is 13.5 Å². The van der Waals surface area contributed by atoms with Gasteiger partial charge in [0.05, 0.1) is 10.6 Å². The highest BCUT2D eigenvalue weighted by Crippen LogP contribution is 2.19. The molecule has 2 N–H and O–H groups in total. The smallest absolute Gasteiger partial charge is 0.180 e. The summed E-state index contributed by atoms with van der Waals surface area (Å²) in [5, 5.41) is 12.2. The van der Waals surface area contributed by atoms with Gasteiger partial charge < -0.3 is 10.4 Å². The summed E-state index contributed by atoms with van der Waals surface area (Å²) in [6, 6.07) is 5.18. The van der Waals surface area contributed by atoms with Crippen LogP contribution in [-0.4, -0.2) is 38.5 Å². The summed E-state index contributed by atoms with van der Waals surface area (Å²) in [6.45, 7) is 6.54. The highest BCUT2D eigenvalue weighted by molar-refractivity contribution is 7.91. The third-order valence-electron chi connectivity index (χ3n) is 3.25. The lowest BCUT2D eigenvalue weighted by molar-refractivity contribution is 0.269. The van der Waals surface area contributed by atoms with Crippen LogP contribution < -0.4 is 5.32 Å². The largest absolute Gasteiger partial charge is 0.396 e. The number of aliphatic hydroxyl groups is 1. The van der Waals surface area contributed by atoms with Crippen molar-refractivity contribution in [1.29, 1.82) is 0 Å². The van der Waals surface area contributed by atoms with Crippen molar-refractivity contribution in [3.63, 3.8) is 0 Å². The fraction of sp³-hybridized carbons (Fsp3) is 0.600. The molecule has 1 unspecified atom stereocenters. The van der Waals surface area contributed by atoms with Gasteiger partial charge in [0, 0.05) is 12.6 Å². The quantitative estimate of drug-likeness (QED) is 0.768. The Balaban J connectivity index is 2.91. The maximum absolute atomic E-state index is 12.5. The van der Waals surface area contributed by atoms with Crippen LogP contribution in [0.2, 0.25) is 0 Å². The molecule has 0 aliphatic heterocycles. The molecule has 0 aromatic heterocycles. The molecule has 0 spiro atoms. The fourth-order valence-electron chi connectivity index (χ4n) is 2.25. The average molecular weight is 299 g/mol. The van der Waals surface area contributed by atoms with E-state index in [1.807, 2.05) is 32.9 Å². The highest BCUT2D eigenvalue weighted by Gasteiger charge is 2.22. The molecule has 0 radical (unpaired) electrons. The molecule has 0 saturated carbocycles. The first-order chi connectivity index (χ1) is 9.40. The van der Waals surface area contributed by atoms with Crippen LogP contribution in [0.15, 0.2) is 23.1 Å². The van der Waals surface area contributed by atoms with Gasteiger partial charge >= 0.3 is 0 Å². The predicted octanol–water partition coefficient (Wildman–Crippen LogP) is 1.83. The number of rotatable bonds is 8. The Kier molecular flexibility index (Phi) is 6.65. The lowest BCUT2D eigenvalue weighted by Crippen LogP contribution is -2.37. The Morgan fingerprint density at radius 2 is 2.00 bits per heavy atom. The Morgan fingerprint density at radius 3 is 2.55 bits per heavy atom. The van der Waals surface area contributed by atoms with Crippen LogP contribution >= 0.6 is 0 Å². The third kappa shape index (κ3) is 4.89. The topological polar surface area (TPSA) is 66.4 Å². The van der Waals surface area contributed by atoms with Crippen LogP contribution in [0, 0.1) is 13.8 Å². The molecule has 0 amide bonds. The van der Waals surface area contributed by atoms with Gasteiger partial charge in [-0.2, -0.15) is 0 Å². The molecule has 0 heterocycles.